The average Bonchev–Trinajstić information content (AvgIpc) is 2.47. The fraction of sp³-hybridized carbons (Fsp3) is 0.600. The highest BCUT2D eigenvalue weighted by molar-refractivity contribution is 5.80. The van der Waals surface area contributed by atoms with E-state index < -0.39 is 23.7 Å². The first-order valence-corrected chi connectivity index (χ1v) is 8.86. The van der Waals surface area contributed by atoms with E-state index in [0.29, 0.717) is 0 Å². The Balaban J connectivity index is 0. The van der Waals surface area contributed by atoms with Gasteiger partial charge in [-0.05, 0) is 40.2 Å². The minimum absolute atomic E-state index is 0.219. The second-order valence-electron chi connectivity index (χ2n) is 6.24. The molecule has 0 fully saturated rings. The van der Waals surface area contributed by atoms with Gasteiger partial charge in [0.2, 0.25) is 0 Å². The zero-order chi connectivity index (χ0) is 20.2. The first kappa shape index (κ1) is 25.2. The molecule has 5 heteroatoms. The molecule has 0 aromatic heterocycles. The third-order valence-corrected chi connectivity index (χ3v) is 2.71. The Kier molecular flexibility index (Phi) is 12.4. The summed E-state index contributed by atoms with van der Waals surface area (Å²) in [5.41, 5.74) is 2.33. The summed E-state index contributed by atoms with van der Waals surface area (Å²) in [4.78, 5) is 23.0. The molecule has 1 rings (SSSR count). The first-order chi connectivity index (χ1) is 11.6. The van der Waals surface area contributed by atoms with Gasteiger partial charge >= 0.3 is 12.1 Å². The minimum Gasteiger partial charge on any atom is -0.480 e. The number of hydrogen-bond donors (Lipinski definition) is 2. The predicted octanol–water partition coefficient (Wildman–Crippen LogP) is 4.88. The average molecular weight is 354 g/mol. The summed E-state index contributed by atoms with van der Waals surface area (Å²) < 4.78 is 5.09. The molecule has 25 heavy (non-hydrogen) atoms. The van der Waals surface area contributed by atoms with Crippen molar-refractivity contribution in [1.82, 2.24) is 5.32 Å². The van der Waals surface area contributed by atoms with Crippen molar-refractivity contribution >= 4 is 12.1 Å². The molecule has 1 unspecified atom stereocenters. The van der Waals surface area contributed by atoms with E-state index in [1.54, 1.807) is 20.8 Å². The summed E-state index contributed by atoms with van der Waals surface area (Å²) in [6, 6.07) is 4.83. The maximum atomic E-state index is 11.7. The van der Waals surface area contributed by atoms with Crippen LogP contribution in [0.1, 0.15) is 65.2 Å². The molecule has 1 atom stereocenters. The fourth-order valence-electron chi connectivity index (χ4n) is 2.07. The molecule has 0 heterocycles. The van der Waals surface area contributed by atoms with Gasteiger partial charge in [-0.3, -0.25) is 0 Å². The highest BCUT2D eigenvalue weighted by Crippen LogP contribution is 2.12. The third-order valence-electron chi connectivity index (χ3n) is 2.71. The van der Waals surface area contributed by atoms with Crippen LogP contribution in [0.3, 0.4) is 0 Å². The van der Waals surface area contributed by atoms with Crippen molar-refractivity contribution in [2.45, 2.75) is 80.4 Å². The molecule has 1 aromatic rings. The Morgan fingerprint density at radius 2 is 1.48 bits per heavy atom. The van der Waals surface area contributed by atoms with Gasteiger partial charge in [-0.2, -0.15) is 0 Å². The van der Waals surface area contributed by atoms with Crippen molar-refractivity contribution in [2.75, 3.05) is 0 Å². The minimum atomic E-state index is -1.08. The molecule has 0 saturated carbocycles. The molecule has 1 aromatic carbocycles. The van der Waals surface area contributed by atoms with E-state index in [1.165, 1.54) is 0 Å². The number of nitrogens with one attached hydrogen (secondary N) is 1. The van der Waals surface area contributed by atoms with Gasteiger partial charge in [0.15, 0.2) is 0 Å². The summed E-state index contributed by atoms with van der Waals surface area (Å²) >= 11 is 0. The van der Waals surface area contributed by atoms with Gasteiger partial charge in [0, 0.05) is 6.42 Å². The number of alkyl carbamates (subject to hydrolysis) is 1. The van der Waals surface area contributed by atoms with Crippen LogP contribution in [-0.4, -0.2) is 28.8 Å². The molecule has 0 spiro atoms. The van der Waals surface area contributed by atoms with E-state index in [-0.39, 0.29) is 6.42 Å². The first-order valence-electron chi connectivity index (χ1n) is 8.86. The van der Waals surface area contributed by atoms with E-state index in [1.807, 2.05) is 59.7 Å². The van der Waals surface area contributed by atoms with E-state index >= 15 is 0 Å². The van der Waals surface area contributed by atoms with Gasteiger partial charge in [-0.15, -0.1) is 0 Å². The number of hydrogen-bond acceptors (Lipinski definition) is 3. The number of ether oxygens (including phenoxy) is 1. The topological polar surface area (TPSA) is 75.6 Å². The van der Waals surface area contributed by atoms with Crippen LogP contribution < -0.4 is 5.32 Å². The van der Waals surface area contributed by atoms with Crippen LogP contribution in [-0.2, 0) is 16.0 Å². The van der Waals surface area contributed by atoms with Gasteiger partial charge in [-0.25, -0.2) is 9.59 Å². The van der Waals surface area contributed by atoms with E-state index in [0.717, 1.165) is 16.7 Å². The Hall–Kier alpha value is -2.04. The standard InChI is InChI=1S/C16H23NO4.2C2H6/c1-10-6-11(2)8-12(7-10)9-13(14(18)19)17-15(20)21-16(3,4)5;2*1-2/h6-8,13H,9H2,1-5H3,(H,17,20)(H,18,19);2*1-2H3. The lowest BCUT2D eigenvalue weighted by molar-refractivity contribution is -0.139. The van der Waals surface area contributed by atoms with Gasteiger partial charge in [-0.1, -0.05) is 57.0 Å². The van der Waals surface area contributed by atoms with Gasteiger partial charge in [0.05, 0.1) is 0 Å². The zero-order valence-corrected chi connectivity index (χ0v) is 17.2. The summed E-state index contributed by atoms with van der Waals surface area (Å²) in [6.45, 7) is 17.1. The second kappa shape index (κ2) is 12.3. The highest BCUT2D eigenvalue weighted by Gasteiger charge is 2.24. The van der Waals surface area contributed by atoms with Crippen LogP contribution >= 0.6 is 0 Å². The summed E-state index contributed by atoms with van der Waals surface area (Å²) in [6.07, 6.45) is -0.504. The zero-order valence-electron chi connectivity index (χ0n) is 17.2. The lowest BCUT2D eigenvalue weighted by Crippen LogP contribution is -2.44. The van der Waals surface area contributed by atoms with E-state index in [9.17, 15) is 14.7 Å². The molecule has 0 radical (unpaired) electrons. The van der Waals surface area contributed by atoms with Crippen LogP contribution in [0.25, 0.3) is 0 Å². The Labute approximate surface area is 152 Å². The van der Waals surface area contributed by atoms with Gasteiger partial charge in [0.25, 0.3) is 0 Å². The quantitative estimate of drug-likeness (QED) is 0.809. The van der Waals surface area contributed by atoms with Crippen LogP contribution in [0.2, 0.25) is 0 Å². The third kappa shape index (κ3) is 12.0. The summed E-state index contributed by atoms with van der Waals surface area (Å²) in [7, 11) is 0. The molecule has 0 aliphatic heterocycles. The molecule has 144 valence electrons. The Morgan fingerprint density at radius 3 is 1.84 bits per heavy atom. The predicted molar refractivity (Wildman–Crippen MR) is 103 cm³/mol. The largest absolute Gasteiger partial charge is 0.480 e. The molecule has 2 N–H and O–H groups in total. The number of aryl methyl sites for hydroxylation is 2. The number of carbonyl (C=O) groups excluding carboxylic acids is 1. The van der Waals surface area contributed by atoms with Gasteiger partial charge < -0.3 is 15.2 Å². The lowest BCUT2D eigenvalue weighted by atomic mass is 10.0. The van der Waals surface area contributed by atoms with Crippen molar-refractivity contribution in [3.8, 4) is 0 Å². The van der Waals surface area contributed by atoms with Crippen molar-refractivity contribution in [1.29, 1.82) is 0 Å². The van der Waals surface area contributed by atoms with E-state index in [4.69, 9.17) is 4.74 Å². The van der Waals surface area contributed by atoms with Crippen molar-refractivity contribution in [3.05, 3.63) is 34.9 Å². The number of carboxylic acids is 1. The van der Waals surface area contributed by atoms with Crippen LogP contribution in [0, 0.1) is 13.8 Å². The highest BCUT2D eigenvalue weighted by atomic mass is 16.6. The summed E-state index contributed by atoms with van der Waals surface area (Å²) in [5.74, 6) is -1.08. The fourth-order valence-corrected chi connectivity index (χ4v) is 2.07. The SMILES string of the molecule is CC.CC.Cc1cc(C)cc(CC(NC(=O)OC(C)(C)C)C(=O)O)c1. The van der Waals surface area contributed by atoms with Crippen LogP contribution in [0.15, 0.2) is 18.2 Å². The number of benzene rings is 1. The molecule has 0 bridgehead atoms. The Morgan fingerprint density at radius 1 is 1.04 bits per heavy atom. The molecular weight excluding hydrogens is 318 g/mol. The lowest BCUT2D eigenvalue weighted by Gasteiger charge is -2.22. The number of carbonyl (C=O) groups is 2. The maximum Gasteiger partial charge on any atom is 0.408 e. The number of amides is 1. The monoisotopic (exact) mass is 353 g/mol. The molecule has 0 aliphatic rings. The molecular formula is C20H35NO4. The normalized spacial score (nSPS) is 11.1. The van der Waals surface area contributed by atoms with E-state index in [2.05, 4.69) is 5.32 Å². The van der Waals surface area contributed by atoms with Crippen molar-refractivity contribution < 1.29 is 19.4 Å². The van der Waals surface area contributed by atoms with Crippen LogP contribution in [0.4, 0.5) is 4.79 Å². The molecule has 1 amide bonds. The van der Waals surface area contributed by atoms with Gasteiger partial charge in [0.1, 0.15) is 11.6 Å². The van der Waals surface area contributed by atoms with Crippen LogP contribution in [0.5, 0.6) is 0 Å². The second-order valence-corrected chi connectivity index (χ2v) is 6.24. The molecule has 5 nitrogen and oxygen atoms in total. The van der Waals surface area contributed by atoms with Crippen molar-refractivity contribution in [3.63, 3.8) is 0 Å². The number of carboxylic acid groups (broad SMARTS) is 1. The number of rotatable bonds is 4. The van der Waals surface area contributed by atoms with Crippen molar-refractivity contribution in [2.24, 2.45) is 0 Å². The molecule has 0 aliphatic carbocycles. The Bertz CT molecular complexity index is 513. The summed E-state index contributed by atoms with van der Waals surface area (Å²) in [5, 5.41) is 11.6. The maximum absolute atomic E-state index is 11.7. The smallest absolute Gasteiger partial charge is 0.408 e. The number of aliphatic carboxylic acids is 1. The molecule has 0 saturated heterocycles.